The second-order valence-corrected chi connectivity index (χ2v) is 1.86. The average Bonchev–Trinajstić information content (AvgIpc) is 2.00. The van der Waals surface area contributed by atoms with E-state index in [2.05, 4.69) is 0 Å². The minimum Gasteiger partial charge on any atom is -0.506 e. The van der Waals surface area contributed by atoms with Crippen molar-refractivity contribution in [2.24, 2.45) is 0 Å². The summed E-state index contributed by atoms with van der Waals surface area (Å²) in [6.07, 6.45) is 0. The Balaban J connectivity index is 0.000000371. The van der Waals surface area contributed by atoms with E-state index in [0.29, 0.717) is 5.02 Å². The number of benzene rings is 1. The molecule has 0 radical (unpaired) electrons. The summed E-state index contributed by atoms with van der Waals surface area (Å²) in [4.78, 5) is 0. The summed E-state index contributed by atoms with van der Waals surface area (Å²) in [6, 6.07) is 6.67. The highest BCUT2D eigenvalue weighted by Gasteiger charge is 1.89. The SMILES string of the molecule is OO.Oc1ccccc1Cl. The van der Waals surface area contributed by atoms with Gasteiger partial charge in [-0.3, -0.25) is 10.5 Å². The van der Waals surface area contributed by atoms with Crippen LogP contribution in [0.25, 0.3) is 0 Å². The molecule has 1 rings (SSSR count). The Morgan fingerprint density at radius 3 is 1.90 bits per heavy atom. The Morgan fingerprint density at radius 1 is 1.10 bits per heavy atom. The second kappa shape index (κ2) is 5.05. The van der Waals surface area contributed by atoms with Crippen LogP contribution in [-0.4, -0.2) is 15.6 Å². The second-order valence-electron chi connectivity index (χ2n) is 1.45. The maximum atomic E-state index is 8.79. The van der Waals surface area contributed by atoms with Crippen LogP contribution in [-0.2, 0) is 0 Å². The van der Waals surface area contributed by atoms with Crippen LogP contribution in [0, 0.1) is 0 Å². The highest BCUT2D eigenvalue weighted by atomic mass is 35.5. The van der Waals surface area contributed by atoms with Crippen molar-refractivity contribution in [1.29, 1.82) is 0 Å². The molecule has 0 aromatic heterocycles. The predicted molar refractivity (Wildman–Crippen MR) is 38.4 cm³/mol. The molecular weight excluding hydrogens is 156 g/mol. The quantitative estimate of drug-likeness (QED) is 0.404. The molecule has 56 valence electrons. The molecule has 0 bridgehead atoms. The maximum Gasteiger partial charge on any atom is 0.134 e. The van der Waals surface area contributed by atoms with E-state index in [9.17, 15) is 0 Å². The molecule has 0 aliphatic carbocycles. The first kappa shape index (κ1) is 9.23. The molecular formula is C6H7ClO3. The zero-order chi connectivity index (χ0) is 7.98. The molecule has 0 unspecified atom stereocenters. The Hall–Kier alpha value is -0.770. The highest BCUT2D eigenvalue weighted by molar-refractivity contribution is 6.31. The number of halogens is 1. The van der Waals surface area contributed by atoms with Gasteiger partial charge < -0.3 is 5.11 Å². The van der Waals surface area contributed by atoms with Crippen molar-refractivity contribution in [3.8, 4) is 5.75 Å². The molecule has 3 nitrogen and oxygen atoms in total. The molecule has 0 fully saturated rings. The van der Waals surface area contributed by atoms with E-state index in [-0.39, 0.29) is 5.75 Å². The van der Waals surface area contributed by atoms with Crippen LogP contribution >= 0.6 is 11.6 Å². The molecule has 1 aromatic rings. The van der Waals surface area contributed by atoms with Gasteiger partial charge in [0.25, 0.3) is 0 Å². The van der Waals surface area contributed by atoms with Gasteiger partial charge in [-0.2, -0.15) is 0 Å². The summed E-state index contributed by atoms with van der Waals surface area (Å²) in [5, 5.41) is 21.2. The van der Waals surface area contributed by atoms with Crippen molar-refractivity contribution in [1.82, 2.24) is 0 Å². The molecule has 0 heterocycles. The maximum absolute atomic E-state index is 8.79. The van der Waals surface area contributed by atoms with Gasteiger partial charge in [-0.15, -0.1) is 0 Å². The summed E-state index contributed by atoms with van der Waals surface area (Å²) in [5.41, 5.74) is 0. The van der Waals surface area contributed by atoms with Crippen molar-refractivity contribution >= 4 is 11.6 Å². The Kier molecular flexibility index (Phi) is 4.66. The number of phenolic OH excluding ortho intramolecular Hbond substituents is 1. The molecule has 0 atom stereocenters. The molecule has 0 amide bonds. The van der Waals surface area contributed by atoms with Gasteiger partial charge in [0.15, 0.2) is 0 Å². The number of phenols is 1. The summed E-state index contributed by atoms with van der Waals surface area (Å²) in [7, 11) is 0. The van der Waals surface area contributed by atoms with Gasteiger partial charge in [-0.05, 0) is 12.1 Å². The van der Waals surface area contributed by atoms with Crippen LogP contribution in [0.1, 0.15) is 0 Å². The van der Waals surface area contributed by atoms with Crippen LogP contribution in [0.15, 0.2) is 24.3 Å². The molecule has 0 aliphatic rings. The first-order valence-corrected chi connectivity index (χ1v) is 2.82. The molecule has 0 saturated carbocycles. The lowest BCUT2D eigenvalue weighted by atomic mass is 10.3. The lowest BCUT2D eigenvalue weighted by Crippen LogP contribution is -1.62. The predicted octanol–water partition coefficient (Wildman–Crippen LogP) is 2.06. The van der Waals surface area contributed by atoms with Crippen LogP contribution in [0.5, 0.6) is 5.75 Å². The number of aromatic hydroxyl groups is 1. The molecule has 3 N–H and O–H groups in total. The molecule has 4 heteroatoms. The fraction of sp³-hybridized carbons (Fsp3) is 0. The van der Waals surface area contributed by atoms with Gasteiger partial charge in [-0.1, -0.05) is 23.7 Å². The van der Waals surface area contributed by atoms with Crippen molar-refractivity contribution in [2.45, 2.75) is 0 Å². The van der Waals surface area contributed by atoms with E-state index in [4.69, 9.17) is 27.2 Å². The van der Waals surface area contributed by atoms with Crippen LogP contribution < -0.4 is 0 Å². The summed E-state index contributed by atoms with van der Waals surface area (Å²) in [6.45, 7) is 0. The van der Waals surface area contributed by atoms with Gasteiger partial charge in [0, 0.05) is 0 Å². The summed E-state index contributed by atoms with van der Waals surface area (Å²) < 4.78 is 0. The fourth-order valence-electron chi connectivity index (χ4n) is 0.452. The third kappa shape index (κ3) is 2.68. The third-order valence-corrected chi connectivity index (χ3v) is 1.17. The number of hydrogen-bond donors (Lipinski definition) is 3. The van der Waals surface area contributed by atoms with Crippen LogP contribution in [0.3, 0.4) is 0 Å². The molecule has 10 heavy (non-hydrogen) atoms. The minimum absolute atomic E-state index is 0.133. The Morgan fingerprint density at radius 2 is 1.60 bits per heavy atom. The van der Waals surface area contributed by atoms with Crippen molar-refractivity contribution in [3.05, 3.63) is 29.3 Å². The fourth-order valence-corrected chi connectivity index (χ4v) is 0.587. The smallest absolute Gasteiger partial charge is 0.134 e. The van der Waals surface area contributed by atoms with E-state index >= 15 is 0 Å². The molecule has 0 aliphatic heterocycles. The van der Waals surface area contributed by atoms with Crippen molar-refractivity contribution in [2.75, 3.05) is 0 Å². The van der Waals surface area contributed by atoms with E-state index in [0.717, 1.165) is 0 Å². The normalized spacial score (nSPS) is 7.90. The van der Waals surface area contributed by atoms with Gasteiger partial charge in [0.05, 0.1) is 5.02 Å². The summed E-state index contributed by atoms with van der Waals surface area (Å²) >= 11 is 5.46. The number of rotatable bonds is 0. The third-order valence-electron chi connectivity index (χ3n) is 0.852. The summed E-state index contributed by atoms with van der Waals surface area (Å²) in [5.74, 6) is 0.133. The molecule has 0 spiro atoms. The van der Waals surface area contributed by atoms with Gasteiger partial charge >= 0.3 is 0 Å². The first-order valence-electron chi connectivity index (χ1n) is 2.44. The van der Waals surface area contributed by atoms with E-state index in [1.807, 2.05) is 0 Å². The number of hydrogen-bond acceptors (Lipinski definition) is 3. The standard InChI is InChI=1S/C6H5ClO.H2O2/c7-5-3-1-2-4-6(5)8;1-2/h1-4,8H;1-2H. The lowest BCUT2D eigenvalue weighted by Gasteiger charge is -1.89. The molecule has 0 saturated heterocycles. The molecule has 1 aromatic carbocycles. The van der Waals surface area contributed by atoms with Gasteiger partial charge in [-0.25, -0.2) is 0 Å². The topological polar surface area (TPSA) is 60.7 Å². The van der Waals surface area contributed by atoms with Gasteiger partial charge in [0.2, 0.25) is 0 Å². The van der Waals surface area contributed by atoms with Crippen molar-refractivity contribution in [3.63, 3.8) is 0 Å². The zero-order valence-electron chi connectivity index (χ0n) is 5.03. The van der Waals surface area contributed by atoms with E-state index in [1.54, 1.807) is 24.3 Å². The largest absolute Gasteiger partial charge is 0.506 e. The zero-order valence-corrected chi connectivity index (χ0v) is 5.78. The van der Waals surface area contributed by atoms with Gasteiger partial charge in [0.1, 0.15) is 5.75 Å². The van der Waals surface area contributed by atoms with Crippen molar-refractivity contribution < 1.29 is 15.6 Å². The average molecular weight is 163 g/mol. The Labute approximate surface area is 63.1 Å². The minimum atomic E-state index is 0.133. The first-order chi connectivity index (χ1) is 4.80. The van der Waals surface area contributed by atoms with Crippen LogP contribution in [0.4, 0.5) is 0 Å². The van der Waals surface area contributed by atoms with E-state index in [1.165, 1.54) is 0 Å². The lowest BCUT2D eigenvalue weighted by molar-refractivity contribution is -0.176. The Bertz CT molecular complexity index is 169. The van der Waals surface area contributed by atoms with E-state index < -0.39 is 0 Å². The number of para-hydroxylation sites is 1. The monoisotopic (exact) mass is 162 g/mol. The highest BCUT2D eigenvalue weighted by Crippen LogP contribution is 2.20. The van der Waals surface area contributed by atoms with Crippen LogP contribution in [0.2, 0.25) is 5.02 Å².